The fraction of sp³-hybridized carbons (Fsp3) is 0.375. The standard InChI is InChI=1S/C16H19NO/c1-3-12(4-2)11-16(18)14-9-10-17-15-8-6-5-7-13(14)15/h5-10,12H,3-4,11H2,1-2H3. The SMILES string of the molecule is CCC(CC)CC(=O)c1ccnc2ccccc12. The molecule has 0 saturated heterocycles. The van der Waals surface area contributed by atoms with Crippen LogP contribution in [0.3, 0.4) is 0 Å². The Balaban J connectivity index is 2.33. The molecule has 0 spiro atoms. The molecule has 0 fully saturated rings. The minimum Gasteiger partial charge on any atom is -0.294 e. The lowest BCUT2D eigenvalue weighted by Crippen LogP contribution is -2.08. The lowest BCUT2D eigenvalue weighted by Gasteiger charge is -2.12. The number of ketones is 1. The molecule has 94 valence electrons. The minimum absolute atomic E-state index is 0.238. The first kappa shape index (κ1) is 12.7. The quantitative estimate of drug-likeness (QED) is 0.733. The van der Waals surface area contributed by atoms with Crippen LogP contribution in [-0.2, 0) is 0 Å². The van der Waals surface area contributed by atoms with Gasteiger partial charge in [-0.2, -0.15) is 0 Å². The molecule has 0 aliphatic heterocycles. The Morgan fingerprint density at radius 2 is 1.89 bits per heavy atom. The minimum atomic E-state index is 0.238. The molecular formula is C16H19NO. The van der Waals surface area contributed by atoms with Crippen LogP contribution >= 0.6 is 0 Å². The molecule has 0 unspecified atom stereocenters. The number of fused-ring (bicyclic) bond motifs is 1. The van der Waals surface area contributed by atoms with Crippen LogP contribution in [0.2, 0.25) is 0 Å². The van der Waals surface area contributed by atoms with E-state index in [1.165, 1.54) is 0 Å². The summed E-state index contributed by atoms with van der Waals surface area (Å²) in [7, 11) is 0. The summed E-state index contributed by atoms with van der Waals surface area (Å²) < 4.78 is 0. The maximum Gasteiger partial charge on any atom is 0.163 e. The lowest BCUT2D eigenvalue weighted by molar-refractivity contribution is 0.0960. The molecule has 0 radical (unpaired) electrons. The first-order valence-corrected chi connectivity index (χ1v) is 6.63. The highest BCUT2D eigenvalue weighted by Gasteiger charge is 2.14. The van der Waals surface area contributed by atoms with Crippen molar-refractivity contribution in [3.63, 3.8) is 0 Å². The zero-order valence-corrected chi connectivity index (χ0v) is 11.0. The summed E-state index contributed by atoms with van der Waals surface area (Å²) in [5.74, 6) is 0.728. The number of carbonyl (C=O) groups excluding carboxylic acids is 1. The number of hydrogen-bond acceptors (Lipinski definition) is 2. The first-order valence-electron chi connectivity index (χ1n) is 6.63. The molecule has 0 saturated carbocycles. The van der Waals surface area contributed by atoms with Gasteiger partial charge in [-0.05, 0) is 18.1 Å². The number of carbonyl (C=O) groups is 1. The molecule has 18 heavy (non-hydrogen) atoms. The van der Waals surface area contributed by atoms with Crippen LogP contribution in [0.4, 0.5) is 0 Å². The normalized spacial score (nSPS) is 11.1. The van der Waals surface area contributed by atoms with Crippen molar-refractivity contribution in [3.05, 3.63) is 42.1 Å². The summed E-state index contributed by atoms with van der Waals surface area (Å²) >= 11 is 0. The number of nitrogens with zero attached hydrogens (tertiary/aromatic N) is 1. The zero-order chi connectivity index (χ0) is 13.0. The van der Waals surface area contributed by atoms with E-state index >= 15 is 0 Å². The van der Waals surface area contributed by atoms with E-state index in [0.717, 1.165) is 29.3 Å². The average Bonchev–Trinajstić information content (AvgIpc) is 2.43. The molecule has 1 aromatic heterocycles. The van der Waals surface area contributed by atoms with Gasteiger partial charge >= 0.3 is 0 Å². The van der Waals surface area contributed by atoms with Crippen molar-refractivity contribution in [2.45, 2.75) is 33.1 Å². The van der Waals surface area contributed by atoms with Gasteiger partial charge in [-0.1, -0.05) is 44.9 Å². The van der Waals surface area contributed by atoms with E-state index in [2.05, 4.69) is 18.8 Å². The van der Waals surface area contributed by atoms with Gasteiger partial charge in [0.25, 0.3) is 0 Å². The van der Waals surface area contributed by atoms with Crippen LogP contribution in [0.15, 0.2) is 36.5 Å². The highest BCUT2D eigenvalue weighted by atomic mass is 16.1. The number of hydrogen-bond donors (Lipinski definition) is 0. The molecular weight excluding hydrogens is 222 g/mol. The maximum absolute atomic E-state index is 12.4. The number of Topliss-reactive ketones (excluding diaryl/α,β-unsaturated/α-hetero) is 1. The largest absolute Gasteiger partial charge is 0.294 e. The molecule has 1 aromatic carbocycles. The molecule has 2 rings (SSSR count). The van der Waals surface area contributed by atoms with Crippen molar-refractivity contribution >= 4 is 16.7 Å². The van der Waals surface area contributed by atoms with Crippen LogP contribution in [0.5, 0.6) is 0 Å². The molecule has 0 aliphatic carbocycles. The molecule has 2 heteroatoms. The van der Waals surface area contributed by atoms with Crippen molar-refractivity contribution in [1.82, 2.24) is 4.98 Å². The predicted molar refractivity (Wildman–Crippen MR) is 74.8 cm³/mol. The van der Waals surface area contributed by atoms with Crippen LogP contribution in [0.1, 0.15) is 43.5 Å². The molecule has 0 N–H and O–H groups in total. The molecule has 0 atom stereocenters. The highest BCUT2D eigenvalue weighted by Crippen LogP contribution is 2.21. The third kappa shape index (κ3) is 2.58. The van der Waals surface area contributed by atoms with E-state index in [0.29, 0.717) is 12.3 Å². The van der Waals surface area contributed by atoms with Crippen LogP contribution in [-0.4, -0.2) is 10.8 Å². The van der Waals surface area contributed by atoms with E-state index in [4.69, 9.17) is 0 Å². The Morgan fingerprint density at radius 3 is 2.61 bits per heavy atom. The van der Waals surface area contributed by atoms with E-state index in [-0.39, 0.29) is 5.78 Å². The highest BCUT2D eigenvalue weighted by molar-refractivity contribution is 6.07. The fourth-order valence-corrected chi connectivity index (χ4v) is 2.29. The van der Waals surface area contributed by atoms with Gasteiger partial charge in [-0.25, -0.2) is 0 Å². The van der Waals surface area contributed by atoms with Gasteiger partial charge in [0.2, 0.25) is 0 Å². The van der Waals surface area contributed by atoms with Crippen molar-refractivity contribution in [1.29, 1.82) is 0 Å². The van der Waals surface area contributed by atoms with E-state index < -0.39 is 0 Å². The Hall–Kier alpha value is -1.70. The summed E-state index contributed by atoms with van der Waals surface area (Å²) in [6.45, 7) is 4.29. The number of pyridine rings is 1. The van der Waals surface area contributed by atoms with Crippen LogP contribution in [0.25, 0.3) is 10.9 Å². The zero-order valence-electron chi connectivity index (χ0n) is 11.0. The van der Waals surface area contributed by atoms with Crippen molar-refractivity contribution in [2.75, 3.05) is 0 Å². The fourth-order valence-electron chi connectivity index (χ4n) is 2.29. The third-order valence-corrected chi connectivity index (χ3v) is 3.58. The lowest BCUT2D eigenvalue weighted by atomic mass is 9.93. The van der Waals surface area contributed by atoms with Crippen LogP contribution in [0, 0.1) is 5.92 Å². The van der Waals surface area contributed by atoms with Gasteiger partial charge in [-0.3, -0.25) is 9.78 Å². The van der Waals surface area contributed by atoms with Gasteiger partial charge in [0.15, 0.2) is 5.78 Å². The summed E-state index contributed by atoms with van der Waals surface area (Å²) in [6.07, 6.45) is 4.49. The molecule has 2 nitrogen and oxygen atoms in total. The molecule has 1 heterocycles. The van der Waals surface area contributed by atoms with Crippen molar-refractivity contribution < 1.29 is 4.79 Å². The van der Waals surface area contributed by atoms with Gasteiger partial charge in [0.1, 0.15) is 0 Å². The second-order valence-corrected chi connectivity index (χ2v) is 4.69. The average molecular weight is 241 g/mol. The summed E-state index contributed by atoms with van der Waals surface area (Å²) in [5.41, 5.74) is 1.71. The first-order chi connectivity index (χ1) is 8.76. The van der Waals surface area contributed by atoms with Gasteiger partial charge < -0.3 is 0 Å². The monoisotopic (exact) mass is 241 g/mol. The molecule has 0 aliphatic rings. The third-order valence-electron chi connectivity index (χ3n) is 3.58. The molecule has 2 aromatic rings. The Bertz CT molecular complexity index is 538. The summed E-state index contributed by atoms with van der Waals surface area (Å²) in [6, 6.07) is 9.67. The Morgan fingerprint density at radius 1 is 1.17 bits per heavy atom. The van der Waals surface area contributed by atoms with Crippen LogP contribution < -0.4 is 0 Å². The second-order valence-electron chi connectivity index (χ2n) is 4.69. The predicted octanol–water partition coefficient (Wildman–Crippen LogP) is 4.24. The van der Waals surface area contributed by atoms with Gasteiger partial charge in [-0.15, -0.1) is 0 Å². The van der Waals surface area contributed by atoms with Crippen molar-refractivity contribution in [3.8, 4) is 0 Å². The smallest absolute Gasteiger partial charge is 0.163 e. The number of para-hydroxylation sites is 1. The Labute approximate surface area is 108 Å². The summed E-state index contributed by atoms with van der Waals surface area (Å²) in [4.78, 5) is 16.7. The topological polar surface area (TPSA) is 30.0 Å². The van der Waals surface area contributed by atoms with Gasteiger partial charge in [0.05, 0.1) is 5.52 Å². The molecule has 0 amide bonds. The number of rotatable bonds is 5. The second kappa shape index (κ2) is 5.76. The summed E-state index contributed by atoms with van der Waals surface area (Å²) in [5, 5.41) is 0.968. The van der Waals surface area contributed by atoms with Gasteiger partial charge in [0, 0.05) is 23.6 Å². The molecule has 0 bridgehead atoms. The maximum atomic E-state index is 12.4. The van der Waals surface area contributed by atoms with E-state index in [9.17, 15) is 4.79 Å². The van der Waals surface area contributed by atoms with Crippen molar-refractivity contribution in [2.24, 2.45) is 5.92 Å². The number of benzene rings is 1. The van der Waals surface area contributed by atoms with E-state index in [1.807, 2.05) is 30.3 Å². The Kier molecular flexibility index (Phi) is 4.08. The van der Waals surface area contributed by atoms with E-state index in [1.54, 1.807) is 6.20 Å². The number of aromatic nitrogens is 1.